The summed E-state index contributed by atoms with van der Waals surface area (Å²) in [5.74, 6) is 0.915. The second kappa shape index (κ2) is 7.30. The van der Waals surface area contributed by atoms with Gasteiger partial charge >= 0.3 is 0 Å². The summed E-state index contributed by atoms with van der Waals surface area (Å²) >= 11 is 0. The third kappa shape index (κ3) is 4.75. The van der Waals surface area contributed by atoms with E-state index in [4.69, 9.17) is 9.47 Å². The van der Waals surface area contributed by atoms with E-state index in [0.717, 1.165) is 25.3 Å². The summed E-state index contributed by atoms with van der Waals surface area (Å²) in [5, 5.41) is 3.38. The second-order valence-electron chi connectivity index (χ2n) is 4.34. The molecule has 1 heterocycles. The molecular weight excluding hydrogens is 214 g/mol. The van der Waals surface area contributed by atoms with Crippen LogP contribution in [0.2, 0.25) is 0 Å². The monoisotopic (exact) mass is 235 g/mol. The highest BCUT2D eigenvalue weighted by Crippen LogP contribution is 2.10. The van der Waals surface area contributed by atoms with Crippen molar-refractivity contribution in [3.05, 3.63) is 30.3 Å². The van der Waals surface area contributed by atoms with Crippen molar-refractivity contribution in [1.29, 1.82) is 0 Å². The van der Waals surface area contributed by atoms with Gasteiger partial charge in [-0.1, -0.05) is 18.2 Å². The van der Waals surface area contributed by atoms with Gasteiger partial charge in [0.15, 0.2) is 0 Å². The van der Waals surface area contributed by atoms with Crippen molar-refractivity contribution in [2.45, 2.75) is 25.4 Å². The lowest BCUT2D eigenvalue weighted by atomic mass is 10.2. The van der Waals surface area contributed by atoms with Crippen molar-refractivity contribution < 1.29 is 9.47 Å². The van der Waals surface area contributed by atoms with E-state index in [2.05, 4.69) is 5.32 Å². The molecule has 1 aromatic carbocycles. The molecule has 1 aliphatic heterocycles. The van der Waals surface area contributed by atoms with Crippen LogP contribution in [0.5, 0.6) is 5.75 Å². The van der Waals surface area contributed by atoms with Gasteiger partial charge in [-0.2, -0.15) is 0 Å². The predicted octanol–water partition coefficient (Wildman–Crippen LogP) is 2.22. The average Bonchev–Trinajstić information content (AvgIpc) is 2.65. The highest BCUT2D eigenvalue weighted by Gasteiger charge is 2.11. The topological polar surface area (TPSA) is 30.5 Å². The van der Waals surface area contributed by atoms with Gasteiger partial charge in [-0.25, -0.2) is 0 Å². The van der Waals surface area contributed by atoms with E-state index in [1.807, 2.05) is 30.3 Å². The zero-order valence-corrected chi connectivity index (χ0v) is 10.2. The van der Waals surface area contributed by atoms with Crippen molar-refractivity contribution in [3.8, 4) is 5.75 Å². The first-order valence-electron chi connectivity index (χ1n) is 6.45. The molecular formula is C14H21NO2. The quantitative estimate of drug-likeness (QED) is 0.794. The van der Waals surface area contributed by atoms with Gasteiger partial charge in [0.1, 0.15) is 12.4 Å². The van der Waals surface area contributed by atoms with Crippen LogP contribution in [-0.4, -0.2) is 32.4 Å². The van der Waals surface area contributed by atoms with Gasteiger partial charge in [0, 0.05) is 0 Å². The van der Waals surface area contributed by atoms with Crippen LogP contribution in [-0.2, 0) is 4.74 Å². The fourth-order valence-corrected chi connectivity index (χ4v) is 2.04. The summed E-state index contributed by atoms with van der Waals surface area (Å²) < 4.78 is 11.4. The number of rotatable bonds is 5. The van der Waals surface area contributed by atoms with Crippen LogP contribution in [0.4, 0.5) is 0 Å². The largest absolute Gasteiger partial charge is 0.491 e. The Kier molecular flexibility index (Phi) is 5.33. The van der Waals surface area contributed by atoms with Crippen LogP contribution >= 0.6 is 0 Å². The SMILES string of the molecule is c1ccc(OCCOC2CCCNCC2)cc1. The molecule has 1 unspecified atom stereocenters. The van der Waals surface area contributed by atoms with Gasteiger partial charge in [0.2, 0.25) is 0 Å². The molecule has 0 aromatic heterocycles. The minimum absolute atomic E-state index is 0.407. The summed E-state index contributed by atoms with van der Waals surface area (Å²) in [6, 6.07) is 9.88. The molecule has 1 aromatic rings. The molecule has 0 saturated carbocycles. The van der Waals surface area contributed by atoms with Crippen molar-refractivity contribution in [1.82, 2.24) is 5.32 Å². The summed E-state index contributed by atoms with van der Waals surface area (Å²) in [5.41, 5.74) is 0. The Morgan fingerprint density at radius 1 is 1.06 bits per heavy atom. The lowest BCUT2D eigenvalue weighted by Crippen LogP contribution is -2.19. The first-order chi connectivity index (χ1) is 8.45. The molecule has 0 bridgehead atoms. The maximum Gasteiger partial charge on any atom is 0.119 e. The lowest BCUT2D eigenvalue weighted by molar-refractivity contribution is 0.0272. The molecule has 0 radical (unpaired) electrons. The molecule has 1 aliphatic rings. The first-order valence-corrected chi connectivity index (χ1v) is 6.45. The highest BCUT2D eigenvalue weighted by molar-refractivity contribution is 5.20. The Bertz CT molecular complexity index is 294. The maximum absolute atomic E-state index is 5.82. The standard InChI is InChI=1S/C14H21NO2/c1-2-5-13(6-3-1)16-11-12-17-14-7-4-9-15-10-8-14/h1-3,5-6,14-15H,4,7-12H2. The Hall–Kier alpha value is -1.06. The molecule has 1 saturated heterocycles. The Morgan fingerprint density at radius 2 is 1.94 bits per heavy atom. The molecule has 3 nitrogen and oxygen atoms in total. The average molecular weight is 235 g/mol. The van der Waals surface area contributed by atoms with Crippen molar-refractivity contribution in [2.24, 2.45) is 0 Å². The summed E-state index contributed by atoms with van der Waals surface area (Å²) in [6.07, 6.45) is 3.90. The van der Waals surface area contributed by atoms with E-state index in [9.17, 15) is 0 Å². The van der Waals surface area contributed by atoms with E-state index in [0.29, 0.717) is 19.3 Å². The smallest absolute Gasteiger partial charge is 0.119 e. The van der Waals surface area contributed by atoms with E-state index < -0.39 is 0 Å². The normalized spacial score (nSPS) is 20.8. The van der Waals surface area contributed by atoms with E-state index in [1.54, 1.807) is 0 Å². The molecule has 3 heteroatoms. The molecule has 1 N–H and O–H groups in total. The van der Waals surface area contributed by atoms with E-state index >= 15 is 0 Å². The molecule has 94 valence electrons. The summed E-state index contributed by atoms with van der Waals surface area (Å²) in [6.45, 7) is 3.51. The molecule has 17 heavy (non-hydrogen) atoms. The van der Waals surface area contributed by atoms with Gasteiger partial charge in [-0.15, -0.1) is 0 Å². The van der Waals surface area contributed by atoms with Crippen LogP contribution in [0.15, 0.2) is 30.3 Å². The van der Waals surface area contributed by atoms with Gasteiger partial charge < -0.3 is 14.8 Å². The van der Waals surface area contributed by atoms with Crippen molar-refractivity contribution >= 4 is 0 Å². The number of nitrogens with one attached hydrogen (secondary N) is 1. The van der Waals surface area contributed by atoms with Crippen molar-refractivity contribution in [2.75, 3.05) is 26.3 Å². The second-order valence-corrected chi connectivity index (χ2v) is 4.34. The Labute approximate surface area is 103 Å². The van der Waals surface area contributed by atoms with Gasteiger partial charge in [0.05, 0.1) is 12.7 Å². The fourth-order valence-electron chi connectivity index (χ4n) is 2.04. The van der Waals surface area contributed by atoms with Gasteiger partial charge in [0.25, 0.3) is 0 Å². The third-order valence-corrected chi connectivity index (χ3v) is 2.97. The number of benzene rings is 1. The molecule has 0 amide bonds. The van der Waals surface area contributed by atoms with Crippen LogP contribution in [0.1, 0.15) is 19.3 Å². The van der Waals surface area contributed by atoms with Crippen LogP contribution in [0.3, 0.4) is 0 Å². The van der Waals surface area contributed by atoms with Crippen LogP contribution in [0.25, 0.3) is 0 Å². The molecule has 1 fully saturated rings. The molecule has 0 aliphatic carbocycles. The zero-order chi connectivity index (χ0) is 11.8. The number of ether oxygens (including phenoxy) is 2. The van der Waals surface area contributed by atoms with Gasteiger partial charge in [-0.05, 0) is 44.5 Å². The number of hydrogen-bond acceptors (Lipinski definition) is 3. The van der Waals surface area contributed by atoms with E-state index in [-0.39, 0.29) is 0 Å². The zero-order valence-electron chi connectivity index (χ0n) is 10.2. The highest BCUT2D eigenvalue weighted by atomic mass is 16.5. The minimum Gasteiger partial charge on any atom is -0.491 e. The van der Waals surface area contributed by atoms with E-state index in [1.165, 1.54) is 12.8 Å². The molecule has 1 atom stereocenters. The Balaban J connectivity index is 1.59. The van der Waals surface area contributed by atoms with Crippen molar-refractivity contribution in [3.63, 3.8) is 0 Å². The summed E-state index contributed by atoms with van der Waals surface area (Å²) in [4.78, 5) is 0. The van der Waals surface area contributed by atoms with Gasteiger partial charge in [-0.3, -0.25) is 0 Å². The van der Waals surface area contributed by atoms with Crippen LogP contribution in [0, 0.1) is 0 Å². The summed E-state index contributed by atoms with van der Waals surface area (Å²) in [7, 11) is 0. The predicted molar refractivity (Wildman–Crippen MR) is 68.4 cm³/mol. The molecule has 2 rings (SSSR count). The molecule has 0 spiro atoms. The minimum atomic E-state index is 0.407. The number of hydrogen-bond donors (Lipinski definition) is 1. The first kappa shape index (κ1) is 12.4. The Morgan fingerprint density at radius 3 is 2.82 bits per heavy atom. The maximum atomic E-state index is 5.82. The fraction of sp³-hybridized carbons (Fsp3) is 0.571. The number of para-hydroxylation sites is 1. The third-order valence-electron chi connectivity index (χ3n) is 2.97. The van der Waals surface area contributed by atoms with Crippen LogP contribution < -0.4 is 10.1 Å². The lowest BCUT2D eigenvalue weighted by Gasteiger charge is -2.15.